The maximum Gasteiger partial charge on any atom is 0.231 e. The van der Waals surface area contributed by atoms with Crippen LogP contribution in [-0.4, -0.2) is 6.79 Å². The van der Waals surface area contributed by atoms with E-state index in [1.165, 1.54) is 96.3 Å². The topological polar surface area (TPSA) is 36.9 Å². The number of hydrogen-bond acceptors (Lipinski definition) is 4. The average Bonchev–Trinajstić information content (AvgIpc) is 4.53. The Kier molecular flexibility index (Phi) is 47.3. The molecule has 0 spiro atoms. The molecule has 88 heavy (non-hydrogen) atoms. The third-order valence-electron chi connectivity index (χ3n) is 18.0. The minimum Gasteiger partial charge on any atom is -0.457 e. The number of benzene rings is 5. The molecule has 0 atom stereocenters. The van der Waals surface area contributed by atoms with Crippen LogP contribution in [0.25, 0.3) is 0 Å². The highest BCUT2D eigenvalue weighted by atomic mass is 16.7. The molecule has 6 aliphatic carbocycles. The van der Waals surface area contributed by atoms with E-state index < -0.39 is 0 Å². The molecule has 5 aromatic rings. The summed E-state index contributed by atoms with van der Waals surface area (Å²) in [5, 5.41) is 0. The van der Waals surface area contributed by atoms with Crippen molar-refractivity contribution < 1.29 is 18.9 Å². The maximum atomic E-state index is 5.58. The van der Waals surface area contributed by atoms with Crippen LogP contribution < -0.4 is 14.2 Å². The second-order valence-electron chi connectivity index (χ2n) is 28.1. The van der Waals surface area contributed by atoms with Crippen LogP contribution in [0.15, 0.2) is 133 Å². The Morgan fingerprint density at radius 3 is 0.795 bits per heavy atom. The molecular weight excluding hydrogens is 1070 g/mol. The van der Waals surface area contributed by atoms with Crippen LogP contribution in [0, 0.1) is 71.0 Å². The Hall–Kier alpha value is -4.54. The van der Waals surface area contributed by atoms with Crippen molar-refractivity contribution >= 4 is 0 Å². The van der Waals surface area contributed by atoms with Crippen molar-refractivity contribution in [2.75, 3.05) is 6.79 Å². The van der Waals surface area contributed by atoms with Crippen LogP contribution in [0.5, 0.6) is 23.0 Å². The summed E-state index contributed by atoms with van der Waals surface area (Å²) < 4.78 is 20.9. The van der Waals surface area contributed by atoms with Gasteiger partial charge < -0.3 is 18.9 Å². The molecule has 2 aliphatic heterocycles. The summed E-state index contributed by atoms with van der Waals surface area (Å²) in [6.07, 6.45) is 27.6. The van der Waals surface area contributed by atoms with Gasteiger partial charge in [0, 0.05) is 0 Å². The predicted octanol–water partition coefficient (Wildman–Crippen LogP) is 26.8. The summed E-state index contributed by atoms with van der Waals surface area (Å²) in [7, 11) is 0. The molecule has 0 unspecified atom stereocenters. The van der Waals surface area contributed by atoms with Crippen molar-refractivity contribution in [3.63, 3.8) is 0 Å². The van der Waals surface area contributed by atoms with E-state index in [9.17, 15) is 0 Å². The SMILES string of the molecule is C1C2CC3CC1CC(C2)C3.C1CC2CCC1C2.CCC(C)C.CCC(C)C.CCC(C)C.CCC(C)C.CCC(C)C.CCC(C)C.CCc1ccccc1CC.c1ccc(Oc2ccccc2)cc1.c1ccc2c(c1)COC2.c1ccc2c(c1)OCO2. The zero-order chi connectivity index (χ0) is 65.5. The molecule has 6 saturated carbocycles. The van der Waals surface area contributed by atoms with Crippen LogP contribution in [0.3, 0.4) is 0 Å². The number of ether oxygens (including phenoxy) is 4. The molecule has 0 amide bonds. The lowest BCUT2D eigenvalue weighted by molar-refractivity contribution is 0.0198. The molecule has 498 valence electrons. The van der Waals surface area contributed by atoms with Gasteiger partial charge in [0.05, 0.1) is 13.2 Å². The number of aryl methyl sites for hydroxylation is 2. The number of hydrogen-bond donors (Lipinski definition) is 0. The Balaban J connectivity index is 0.000000488. The van der Waals surface area contributed by atoms with E-state index in [0.717, 1.165) is 84.6 Å². The predicted molar refractivity (Wildman–Crippen MR) is 388 cm³/mol. The van der Waals surface area contributed by atoms with Crippen molar-refractivity contribution in [3.8, 4) is 23.0 Å². The second-order valence-corrected chi connectivity index (χ2v) is 28.1. The zero-order valence-electron chi connectivity index (χ0n) is 60.8. The minimum atomic E-state index is 0.360. The molecule has 0 N–H and O–H groups in total. The van der Waals surface area contributed by atoms with Crippen LogP contribution in [0.4, 0.5) is 0 Å². The van der Waals surface area contributed by atoms with Crippen LogP contribution in [-0.2, 0) is 30.8 Å². The Morgan fingerprint density at radius 1 is 0.318 bits per heavy atom. The van der Waals surface area contributed by atoms with E-state index in [1.807, 2.05) is 97.1 Å². The Labute approximate surface area is 546 Å². The molecule has 8 aliphatic rings. The van der Waals surface area contributed by atoms with Gasteiger partial charge in [-0.05, 0) is 187 Å². The van der Waals surface area contributed by atoms with Crippen molar-refractivity contribution in [2.45, 2.75) is 274 Å². The first kappa shape index (κ1) is 81.5. The van der Waals surface area contributed by atoms with E-state index in [4.69, 9.17) is 18.9 Å². The lowest BCUT2D eigenvalue weighted by Gasteiger charge is -2.49. The summed E-state index contributed by atoms with van der Waals surface area (Å²) in [4.78, 5) is 0. The van der Waals surface area contributed by atoms with Crippen LogP contribution in [0.1, 0.15) is 270 Å². The van der Waals surface area contributed by atoms with Gasteiger partial charge in [-0.2, -0.15) is 0 Å². The van der Waals surface area contributed by atoms with E-state index in [0.29, 0.717) is 6.79 Å². The highest BCUT2D eigenvalue weighted by Gasteiger charge is 2.41. The molecule has 4 heteroatoms. The molecule has 0 aromatic heterocycles. The van der Waals surface area contributed by atoms with Crippen LogP contribution in [0.2, 0.25) is 0 Å². The Bertz CT molecular complexity index is 2040. The van der Waals surface area contributed by atoms with E-state index >= 15 is 0 Å². The highest BCUT2D eigenvalue weighted by Crippen LogP contribution is 2.53. The van der Waals surface area contributed by atoms with Gasteiger partial charge in [0.1, 0.15) is 11.5 Å². The molecule has 0 radical (unpaired) electrons. The molecule has 5 aromatic carbocycles. The summed E-state index contributed by atoms with van der Waals surface area (Å²) in [5.74, 6) is 15.8. The zero-order valence-corrected chi connectivity index (χ0v) is 60.8. The summed E-state index contributed by atoms with van der Waals surface area (Å²) in [6, 6.07) is 44.1. The molecule has 6 fully saturated rings. The first-order valence-electron chi connectivity index (χ1n) is 36.1. The van der Waals surface area contributed by atoms with Crippen molar-refractivity contribution in [1.29, 1.82) is 0 Å². The van der Waals surface area contributed by atoms with Crippen LogP contribution >= 0.6 is 0 Å². The van der Waals surface area contributed by atoms with E-state index in [2.05, 4.69) is 175 Å². The van der Waals surface area contributed by atoms with Gasteiger partial charge in [-0.15, -0.1) is 0 Å². The largest absolute Gasteiger partial charge is 0.457 e. The first-order chi connectivity index (χ1) is 42.2. The fraction of sp³-hybridized carbons (Fsp3) is 0.643. The Morgan fingerprint density at radius 2 is 0.557 bits per heavy atom. The average molecular weight is 1210 g/mol. The lowest BCUT2D eigenvalue weighted by atomic mass is 9.56. The third-order valence-corrected chi connectivity index (χ3v) is 18.0. The van der Waals surface area contributed by atoms with Gasteiger partial charge in [0.2, 0.25) is 6.79 Å². The van der Waals surface area contributed by atoms with Gasteiger partial charge in [-0.1, -0.05) is 300 Å². The van der Waals surface area contributed by atoms with Gasteiger partial charge in [0.15, 0.2) is 11.5 Å². The third kappa shape index (κ3) is 40.3. The van der Waals surface area contributed by atoms with E-state index in [-0.39, 0.29) is 0 Å². The number of fused-ring (bicyclic) bond motifs is 4. The molecule has 2 heterocycles. The van der Waals surface area contributed by atoms with Crippen molar-refractivity contribution in [2.24, 2.45) is 71.0 Å². The lowest BCUT2D eigenvalue weighted by Crippen LogP contribution is -2.38. The molecule has 6 bridgehead atoms. The fourth-order valence-electron chi connectivity index (χ4n) is 10.5. The van der Waals surface area contributed by atoms with Crippen molar-refractivity contribution in [1.82, 2.24) is 0 Å². The fourth-order valence-corrected chi connectivity index (χ4v) is 10.5. The first-order valence-corrected chi connectivity index (χ1v) is 36.1. The van der Waals surface area contributed by atoms with Gasteiger partial charge in [-0.25, -0.2) is 0 Å². The molecule has 0 saturated heterocycles. The normalized spacial score (nSPS) is 19.2. The van der Waals surface area contributed by atoms with Crippen molar-refractivity contribution in [3.05, 3.63) is 156 Å². The smallest absolute Gasteiger partial charge is 0.231 e. The van der Waals surface area contributed by atoms with E-state index in [1.54, 1.807) is 70.6 Å². The summed E-state index contributed by atoms with van der Waals surface area (Å²) >= 11 is 0. The second kappa shape index (κ2) is 51.1. The molecule has 13 rings (SSSR count). The minimum absolute atomic E-state index is 0.360. The van der Waals surface area contributed by atoms with Gasteiger partial charge in [0.25, 0.3) is 0 Å². The quantitative estimate of drug-likeness (QED) is 0.140. The standard InChI is InChI=1S/C12H10O.C10H16.C10H14.C8H8O.C7H6O2.C7H12.6C5H12/c1-3-7-11(8-4-1)13-12-9-5-2-6-10-12;1-7-2-9-4-8(1)5-10(3-7)6-9;1-3-9-7-5-6-8-10(9)4-2;1-2-4-8-6-9-5-7(8)3-1;1-2-4-7-6(3-1)8-5-9-7;1-2-7-4-3-6(1)5-7;6*1-4-5(2)3/h1-10H;7-10H,1-6H2;5-8H,3-4H2,1-2H3;1-4H,5-6H2;1-4H,5H2;6-7H,1-5H2;6*5H,4H2,1-3H3. The highest BCUT2D eigenvalue weighted by molar-refractivity contribution is 5.41. The summed E-state index contributed by atoms with van der Waals surface area (Å²) in [6.45, 7) is 46.2. The number of para-hydroxylation sites is 4. The van der Waals surface area contributed by atoms with Gasteiger partial charge >= 0.3 is 0 Å². The molecule has 4 nitrogen and oxygen atoms in total. The monoisotopic (exact) mass is 1210 g/mol. The molecular formula is C84H138O4. The van der Waals surface area contributed by atoms with Gasteiger partial charge in [-0.3, -0.25) is 0 Å². The number of rotatable bonds is 10. The summed E-state index contributed by atoms with van der Waals surface area (Å²) in [5.41, 5.74) is 5.67. The maximum absolute atomic E-state index is 5.58.